The van der Waals surface area contributed by atoms with Crippen molar-refractivity contribution in [2.75, 3.05) is 13.7 Å². The second-order valence-corrected chi connectivity index (χ2v) is 6.09. The van der Waals surface area contributed by atoms with Crippen LogP contribution in [0.15, 0.2) is 48.5 Å². The van der Waals surface area contributed by atoms with Crippen molar-refractivity contribution in [1.82, 2.24) is 5.32 Å². The molecule has 0 saturated heterocycles. The molecule has 0 fully saturated rings. The van der Waals surface area contributed by atoms with E-state index in [1.165, 1.54) is 0 Å². The van der Waals surface area contributed by atoms with Crippen molar-refractivity contribution in [1.29, 1.82) is 0 Å². The van der Waals surface area contributed by atoms with Gasteiger partial charge in [0.25, 0.3) is 5.91 Å². The highest BCUT2D eigenvalue weighted by molar-refractivity contribution is 5.94. The molecule has 2 rings (SSSR count). The summed E-state index contributed by atoms with van der Waals surface area (Å²) in [5.74, 6) is 2.12. The molecule has 0 saturated carbocycles. The van der Waals surface area contributed by atoms with Gasteiger partial charge in [0.2, 0.25) is 0 Å². The second kappa shape index (κ2) is 8.96. The number of hydrogen-bond donors (Lipinski definition) is 1. The van der Waals surface area contributed by atoms with E-state index in [2.05, 4.69) is 19.2 Å². The Kier molecular flexibility index (Phi) is 6.67. The van der Waals surface area contributed by atoms with E-state index >= 15 is 0 Å². The van der Waals surface area contributed by atoms with Crippen LogP contribution in [-0.4, -0.2) is 19.6 Å². The molecule has 2 aromatic rings. The van der Waals surface area contributed by atoms with E-state index in [1.54, 1.807) is 19.2 Å². The summed E-state index contributed by atoms with van der Waals surface area (Å²) in [4.78, 5) is 12.2. The van der Waals surface area contributed by atoms with Gasteiger partial charge in [-0.15, -0.1) is 0 Å². The molecular formula is C20H25NO3. The molecule has 24 heavy (non-hydrogen) atoms. The maximum absolute atomic E-state index is 12.2. The summed E-state index contributed by atoms with van der Waals surface area (Å²) in [6.45, 7) is 5.51. The third-order valence-corrected chi connectivity index (χ3v) is 3.69. The minimum Gasteiger partial charge on any atom is -0.497 e. The Morgan fingerprint density at radius 2 is 1.62 bits per heavy atom. The van der Waals surface area contributed by atoms with E-state index in [9.17, 15) is 4.79 Å². The molecule has 0 aliphatic heterocycles. The Hall–Kier alpha value is -2.49. The summed E-state index contributed by atoms with van der Waals surface area (Å²) < 4.78 is 10.8. The third-order valence-electron chi connectivity index (χ3n) is 3.69. The average molecular weight is 327 g/mol. The largest absolute Gasteiger partial charge is 0.497 e. The molecule has 0 unspecified atom stereocenters. The van der Waals surface area contributed by atoms with Crippen LogP contribution in [0, 0.1) is 5.92 Å². The summed E-state index contributed by atoms with van der Waals surface area (Å²) >= 11 is 0. The number of nitrogens with one attached hydrogen (secondary N) is 1. The summed E-state index contributed by atoms with van der Waals surface area (Å²) in [6.07, 6.45) is 1.02. The van der Waals surface area contributed by atoms with Crippen LogP contribution in [-0.2, 0) is 6.54 Å². The average Bonchev–Trinajstić information content (AvgIpc) is 2.60. The van der Waals surface area contributed by atoms with Crippen molar-refractivity contribution in [3.63, 3.8) is 0 Å². The number of amides is 1. The van der Waals surface area contributed by atoms with Crippen molar-refractivity contribution in [3.05, 3.63) is 59.7 Å². The van der Waals surface area contributed by atoms with Crippen LogP contribution in [0.4, 0.5) is 0 Å². The molecular weight excluding hydrogens is 302 g/mol. The standard InChI is InChI=1S/C20H25NO3/c1-15(2)12-13-24-19-10-6-17(7-11-19)20(22)21-14-16-4-8-18(23-3)9-5-16/h4-11,15H,12-14H2,1-3H3,(H,21,22). The van der Waals surface area contributed by atoms with Crippen molar-refractivity contribution >= 4 is 5.91 Å². The van der Waals surface area contributed by atoms with Crippen molar-refractivity contribution in [2.45, 2.75) is 26.8 Å². The summed E-state index contributed by atoms with van der Waals surface area (Å²) in [7, 11) is 1.63. The van der Waals surface area contributed by atoms with Crippen LogP contribution in [0.1, 0.15) is 36.2 Å². The number of carbonyl (C=O) groups is 1. The molecule has 0 aliphatic rings. The van der Waals surface area contributed by atoms with Crippen LogP contribution in [0.2, 0.25) is 0 Å². The summed E-state index contributed by atoms with van der Waals surface area (Å²) in [6, 6.07) is 14.9. The molecule has 1 amide bonds. The lowest BCUT2D eigenvalue weighted by Gasteiger charge is -2.09. The molecule has 0 heterocycles. The van der Waals surface area contributed by atoms with E-state index in [-0.39, 0.29) is 5.91 Å². The first kappa shape index (κ1) is 17.9. The highest BCUT2D eigenvalue weighted by Gasteiger charge is 2.06. The maximum Gasteiger partial charge on any atom is 0.251 e. The topological polar surface area (TPSA) is 47.6 Å². The van der Waals surface area contributed by atoms with E-state index in [1.807, 2.05) is 36.4 Å². The van der Waals surface area contributed by atoms with Gasteiger partial charge in [-0.3, -0.25) is 4.79 Å². The van der Waals surface area contributed by atoms with E-state index < -0.39 is 0 Å². The summed E-state index contributed by atoms with van der Waals surface area (Å²) in [5, 5.41) is 2.91. The molecule has 0 bridgehead atoms. The van der Waals surface area contributed by atoms with Gasteiger partial charge >= 0.3 is 0 Å². The van der Waals surface area contributed by atoms with Crippen molar-refractivity contribution < 1.29 is 14.3 Å². The van der Waals surface area contributed by atoms with Crippen LogP contribution in [0.25, 0.3) is 0 Å². The zero-order valence-corrected chi connectivity index (χ0v) is 14.5. The minimum atomic E-state index is -0.0976. The fourth-order valence-corrected chi connectivity index (χ4v) is 2.14. The van der Waals surface area contributed by atoms with Crippen molar-refractivity contribution in [2.24, 2.45) is 5.92 Å². The Labute approximate surface area is 143 Å². The molecule has 0 aliphatic carbocycles. The van der Waals surface area contributed by atoms with Gasteiger partial charge in [0.1, 0.15) is 11.5 Å². The van der Waals surface area contributed by atoms with Gasteiger partial charge in [0, 0.05) is 12.1 Å². The smallest absolute Gasteiger partial charge is 0.251 e. The molecule has 0 radical (unpaired) electrons. The lowest BCUT2D eigenvalue weighted by atomic mass is 10.1. The Bertz CT molecular complexity index is 633. The second-order valence-electron chi connectivity index (χ2n) is 6.09. The zero-order chi connectivity index (χ0) is 17.4. The molecule has 4 nitrogen and oxygen atoms in total. The highest BCUT2D eigenvalue weighted by atomic mass is 16.5. The van der Waals surface area contributed by atoms with Crippen molar-refractivity contribution in [3.8, 4) is 11.5 Å². The van der Waals surface area contributed by atoms with E-state index in [0.717, 1.165) is 23.5 Å². The van der Waals surface area contributed by atoms with Crippen LogP contribution >= 0.6 is 0 Å². The number of carbonyl (C=O) groups excluding carboxylic acids is 1. The quantitative estimate of drug-likeness (QED) is 0.795. The van der Waals surface area contributed by atoms with Crippen LogP contribution in [0.5, 0.6) is 11.5 Å². The number of rotatable bonds is 8. The highest BCUT2D eigenvalue weighted by Crippen LogP contribution is 2.14. The molecule has 2 aromatic carbocycles. The lowest BCUT2D eigenvalue weighted by molar-refractivity contribution is 0.0951. The molecule has 1 N–H and O–H groups in total. The first-order valence-corrected chi connectivity index (χ1v) is 8.22. The monoisotopic (exact) mass is 327 g/mol. The fraction of sp³-hybridized carbons (Fsp3) is 0.350. The van der Waals surface area contributed by atoms with Crippen LogP contribution < -0.4 is 14.8 Å². The predicted molar refractivity (Wildman–Crippen MR) is 95.6 cm³/mol. The number of hydrogen-bond acceptors (Lipinski definition) is 3. The summed E-state index contributed by atoms with van der Waals surface area (Å²) in [5.41, 5.74) is 1.65. The molecule has 128 valence electrons. The molecule has 0 atom stereocenters. The molecule has 0 spiro atoms. The van der Waals surface area contributed by atoms with Gasteiger partial charge in [0.15, 0.2) is 0 Å². The van der Waals surface area contributed by atoms with Gasteiger partial charge in [-0.05, 0) is 54.3 Å². The predicted octanol–water partition coefficient (Wildman–Crippen LogP) is 4.05. The molecule has 4 heteroatoms. The van der Waals surface area contributed by atoms with Gasteiger partial charge < -0.3 is 14.8 Å². The number of ether oxygens (including phenoxy) is 2. The normalized spacial score (nSPS) is 10.5. The van der Waals surface area contributed by atoms with Gasteiger partial charge in [-0.1, -0.05) is 26.0 Å². The SMILES string of the molecule is COc1ccc(CNC(=O)c2ccc(OCCC(C)C)cc2)cc1. The lowest BCUT2D eigenvalue weighted by Crippen LogP contribution is -2.22. The van der Waals surface area contributed by atoms with E-state index in [4.69, 9.17) is 9.47 Å². The third kappa shape index (κ3) is 5.61. The van der Waals surface area contributed by atoms with Gasteiger partial charge in [0.05, 0.1) is 13.7 Å². The fourth-order valence-electron chi connectivity index (χ4n) is 2.14. The first-order valence-electron chi connectivity index (χ1n) is 8.22. The Morgan fingerprint density at radius 3 is 2.21 bits per heavy atom. The number of benzene rings is 2. The van der Waals surface area contributed by atoms with Gasteiger partial charge in [-0.2, -0.15) is 0 Å². The Morgan fingerprint density at radius 1 is 1.00 bits per heavy atom. The first-order chi connectivity index (χ1) is 11.6. The zero-order valence-electron chi connectivity index (χ0n) is 14.5. The van der Waals surface area contributed by atoms with Crippen LogP contribution in [0.3, 0.4) is 0 Å². The Balaban J connectivity index is 1.83. The maximum atomic E-state index is 12.2. The number of methoxy groups -OCH3 is 1. The van der Waals surface area contributed by atoms with E-state index in [0.29, 0.717) is 24.6 Å². The minimum absolute atomic E-state index is 0.0976. The van der Waals surface area contributed by atoms with Gasteiger partial charge in [-0.25, -0.2) is 0 Å². The molecule has 0 aromatic heterocycles.